The summed E-state index contributed by atoms with van der Waals surface area (Å²) in [7, 11) is 0. The van der Waals surface area contributed by atoms with Gasteiger partial charge < -0.3 is 9.84 Å². The fourth-order valence-electron chi connectivity index (χ4n) is 1.52. The molecule has 5 nitrogen and oxygen atoms in total. The van der Waals surface area contributed by atoms with E-state index in [4.69, 9.17) is 16.7 Å². The third-order valence-corrected chi connectivity index (χ3v) is 2.65. The van der Waals surface area contributed by atoms with Crippen molar-refractivity contribution in [1.29, 1.82) is 0 Å². The van der Waals surface area contributed by atoms with Crippen LogP contribution in [0.3, 0.4) is 0 Å². The zero-order chi connectivity index (χ0) is 13.0. The van der Waals surface area contributed by atoms with Gasteiger partial charge in [-0.05, 0) is 11.1 Å². The first-order valence-electron chi connectivity index (χ1n) is 5.18. The fraction of sp³-hybridized carbons (Fsp3) is 0.0833. The molecule has 6 heteroatoms. The van der Waals surface area contributed by atoms with Gasteiger partial charge in [0.15, 0.2) is 0 Å². The maximum Gasteiger partial charge on any atom is 0.365 e. The van der Waals surface area contributed by atoms with Crippen molar-refractivity contribution in [3.63, 3.8) is 0 Å². The molecule has 0 bridgehead atoms. The van der Waals surface area contributed by atoms with Gasteiger partial charge in [-0.1, -0.05) is 36.5 Å². The molecule has 1 amide bonds. The van der Waals surface area contributed by atoms with Gasteiger partial charge >= 0.3 is 5.63 Å². The van der Waals surface area contributed by atoms with Crippen LogP contribution in [0.5, 0.6) is 0 Å². The third-order valence-electron chi connectivity index (χ3n) is 2.38. The molecule has 2 rings (SSSR count). The summed E-state index contributed by atoms with van der Waals surface area (Å²) in [6.45, 7) is 0.122. The normalized spacial score (nSPS) is 10.0. The Morgan fingerprint density at radius 2 is 2.06 bits per heavy atom. The second-order valence-corrected chi connectivity index (χ2v) is 3.79. The molecule has 0 spiro atoms. The summed E-state index contributed by atoms with van der Waals surface area (Å²) in [6.07, 6.45) is 2.08. The Labute approximate surface area is 108 Å². The Bertz CT molecular complexity index is 613. The highest BCUT2D eigenvalue weighted by Gasteiger charge is 2.08. The number of carbonyl (C=O) groups is 1. The van der Waals surface area contributed by atoms with Crippen LogP contribution in [0.25, 0.3) is 11.1 Å². The molecule has 1 aromatic carbocycles. The molecular formula is C12H10N2O3S. The Kier molecular flexibility index (Phi) is 3.69. The second kappa shape index (κ2) is 5.42. The van der Waals surface area contributed by atoms with Gasteiger partial charge in [-0.3, -0.25) is 4.79 Å². The summed E-state index contributed by atoms with van der Waals surface area (Å²) >= 11 is 4.81. The summed E-state index contributed by atoms with van der Waals surface area (Å²) in [5.74, 6) is 0. The summed E-state index contributed by atoms with van der Waals surface area (Å²) in [5.41, 5.74) is 1.64. The fourth-order valence-corrected chi connectivity index (χ4v) is 1.67. The van der Waals surface area contributed by atoms with Gasteiger partial charge in [-0.25, -0.2) is 4.79 Å². The van der Waals surface area contributed by atoms with Crippen molar-refractivity contribution in [2.24, 2.45) is 0 Å². The highest BCUT2D eigenvalue weighted by atomic mass is 32.1. The summed E-state index contributed by atoms with van der Waals surface area (Å²) in [6, 6.07) is 7.23. The van der Waals surface area contributed by atoms with Gasteiger partial charge in [0.05, 0.1) is 11.8 Å². The molecule has 18 heavy (non-hydrogen) atoms. The van der Waals surface area contributed by atoms with E-state index in [9.17, 15) is 9.59 Å². The van der Waals surface area contributed by atoms with Crippen molar-refractivity contribution in [3.8, 4) is 11.1 Å². The van der Waals surface area contributed by atoms with E-state index in [0.717, 1.165) is 11.1 Å². The van der Waals surface area contributed by atoms with E-state index in [1.54, 1.807) is 23.7 Å². The number of benzene rings is 1. The van der Waals surface area contributed by atoms with Crippen LogP contribution < -0.4 is 10.9 Å². The van der Waals surface area contributed by atoms with Crippen LogP contribution in [-0.2, 0) is 11.5 Å². The molecule has 1 heterocycles. The van der Waals surface area contributed by atoms with E-state index in [0.29, 0.717) is 12.0 Å². The lowest BCUT2D eigenvalue weighted by Crippen LogP contribution is -2.15. The smallest absolute Gasteiger partial charge is 0.338 e. The lowest BCUT2D eigenvalue weighted by molar-refractivity contribution is -0.110. The van der Waals surface area contributed by atoms with Gasteiger partial charge in [-0.15, -0.1) is 0 Å². The van der Waals surface area contributed by atoms with Crippen LogP contribution in [0.2, 0.25) is 0 Å². The highest BCUT2D eigenvalue weighted by Crippen LogP contribution is 2.16. The van der Waals surface area contributed by atoms with Gasteiger partial charge in [0.25, 0.3) is 0 Å². The monoisotopic (exact) mass is 262 g/mol. The number of rotatable bonds is 5. The summed E-state index contributed by atoms with van der Waals surface area (Å²) in [4.78, 5) is 21.8. The van der Waals surface area contributed by atoms with Crippen LogP contribution in [-0.4, -0.2) is 16.5 Å². The minimum absolute atomic E-state index is 0.122. The first-order chi connectivity index (χ1) is 8.74. The number of nitrogens with zero attached hydrogens (tertiary/aromatic N) is 1. The van der Waals surface area contributed by atoms with Crippen molar-refractivity contribution in [2.45, 2.75) is 6.67 Å². The molecule has 0 unspecified atom stereocenters. The van der Waals surface area contributed by atoms with Crippen LogP contribution in [0.15, 0.2) is 39.8 Å². The molecule has 0 saturated carbocycles. The molecule has 0 aliphatic carbocycles. The summed E-state index contributed by atoms with van der Waals surface area (Å²) < 4.78 is 6.20. The van der Waals surface area contributed by atoms with E-state index in [-0.39, 0.29) is 6.67 Å². The predicted molar refractivity (Wildman–Crippen MR) is 70.4 cm³/mol. The molecular weight excluding hydrogens is 252 g/mol. The van der Waals surface area contributed by atoms with E-state index >= 15 is 0 Å². The number of hydrogen-bond acceptors (Lipinski definition) is 4. The number of aromatic nitrogens is 1. The molecule has 0 saturated heterocycles. The first kappa shape index (κ1) is 12.3. The van der Waals surface area contributed by atoms with Crippen LogP contribution in [0, 0.1) is 0 Å². The van der Waals surface area contributed by atoms with Crippen molar-refractivity contribution in [3.05, 3.63) is 46.4 Å². The van der Waals surface area contributed by atoms with Crippen molar-refractivity contribution >= 4 is 24.0 Å². The van der Waals surface area contributed by atoms with Crippen molar-refractivity contribution in [1.82, 2.24) is 10.1 Å². The Morgan fingerprint density at radius 3 is 2.67 bits per heavy atom. The second-order valence-electron chi connectivity index (χ2n) is 3.56. The van der Waals surface area contributed by atoms with Crippen LogP contribution >= 0.6 is 12.2 Å². The zero-order valence-electron chi connectivity index (χ0n) is 9.33. The Balaban J connectivity index is 2.31. The van der Waals surface area contributed by atoms with Gasteiger partial charge in [0.1, 0.15) is 6.67 Å². The molecule has 0 radical (unpaired) electrons. The number of nitrogens with one attached hydrogen (secondary N) is 1. The largest absolute Gasteiger partial charge is 0.365 e. The first-order valence-corrected chi connectivity index (χ1v) is 5.65. The van der Waals surface area contributed by atoms with E-state index < -0.39 is 5.63 Å². The van der Waals surface area contributed by atoms with Crippen LogP contribution in [0.4, 0.5) is 0 Å². The number of amides is 1. The number of hydrogen-bond donors (Lipinski definition) is 1. The number of thiocarbonyl (C=S) groups is 1. The minimum atomic E-state index is -0.446. The minimum Gasteiger partial charge on any atom is -0.338 e. The average molecular weight is 262 g/mol. The molecule has 2 aromatic rings. The van der Waals surface area contributed by atoms with Crippen LogP contribution in [0.1, 0.15) is 5.56 Å². The molecule has 0 aliphatic rings. The Hall–Kier alpha value is -2.21. The lowest BCUT2D eigenvalue weighted by Gasteiger charge is -1.97. The van der Waals surface area contributed by atoms with Crippen molar-refractivity contribution < 1.29 is 9.32 Å². The van der Waals surface area contributed by atoms with E-state index in [1.165, 1.54) is 4.74 Å². The van der Waals surface area contributed by atoms with E-state index in [1.807, 2.05) is 12.1 Å². The topological polar surface area (TPSA) is 64.2 Å². The van der Waals surface area contributed by atoms with Gasteiger partial charge in [0, 0.05) is 5.37 Å². The molecule has 0 fully saturated rings. The van der Waals surface area contributed by atoms with E-state index in [2.05, 4.69) is 5.32 Å². The Morgan fingerprint density at radius 1 is 1.33 bits per heavy atom. The zero-order valence-corrected chi connectivity index (χ0v) is 10.1. The number of carbonyl (C=O) groups excluding carboxylic acids is 1. The summed E-state index contributed by atoms with van der Waals surface area (Å²) in [5, 5.41) is 3.97. The molecule has 0 aliphatic heterocycles. The predicted octanol–water partition coefficient (Wildman–Crippen LogP) is 1.16. The quantitative estimate of drug-likeness (QED) is 0.648. The molecule has 1 aromatic heterocycles. The lowest BCUT2D eigenvalue weighted by atomic mass is 10.1. The molecule has 1 N–H and O–H groups in total. The average Bonchev–Trinajstić information content (AvgIpc) is 2.78. The van der Waals surface area contributed by atoms with Gasteiger partial charge in [-0.2, -0.15) is 4.74 Å². The maximum absolute atomic E-state index is 11.6. The standard InChI is InChI=1S/C12H10N2O3S/c15-8-13-7-14-5-11(12(16)17-14)10-3-1-9(6-18)2-4-10/h1-6,8H,7H2,(H,13,15). The third kappa shape index (κ3) is 2.54. The highest BCUT2D eigenvalue weighted by molar-refractivity contribution is 7.79. The molecule has 92 valence electrons. The SMILES string of the molecule is O=CNCn1cc(-c2ccc(C=S)cc2)c(=O)o1. The molecule has 0 atom stereocenters. The van der Waals surface area contributed by atoms with Crippen molar-refractivity contribution in [2.75, 3.05) is 0 Å². The maximum atomic E-state index is 11.6. The van der Waals surface area contributed by atoms with Gasteiger partial charge in [0.2, 0.25) is 6.41 Å².